The summed E-state index contributed by atoms with van der Waals surface area (Å²) in [6.45, 7) is 11.9. The second-order valence-electron chi connectivity index (χ2n) is 5.17. The highest BCUT2D eigenvalue weighted by Crippen LogP contribution is 2.03. The number of urea groups is 1. The lowest BCUT2D eigenvalue weighted by Gasteiger charge is -2.30. The van der Waals surface area contributed by atoms with Crippen molar-refractivity contribution >= 4 is 11.9 Å². The van der Waals surface area contributed by atoms with Crippen LogP contribution < -0.4 is 16.0 Å². The average Bonchev–Trinajstić information content (AvgIpc) is 2.32. The summed E-state index contributed by atoms with van der Waals surface area (Å²) in [5.41, 5.74) is 0. The number of rotatable bonds is 7. The fraction of sp³-hybridized carbons (Fsp3) is 0.846. The van der Waals surface area contributed by atoms with Gasteiger partial charge in [-0.05, 0) is 34.6 Å². The van der Waals surface area contributed by atoms with Crippen LogP contribution in [0.5, 0.6) is 0 Å². The van der Waals surface area contributed by atoms with Gasteiger partial charge < -0.3 is 10.6 Å². The predicted octanol–water partition coefficient (Wildman–Crippen LogP) is 0.539. The minimum absolute atomic E-state index is 0.319. The van der Waals surface area contributed by atoms with E-state index in [4.69, 9.17) is 0 Å². The van der Waals surface area contributed by atoms with E-state index in [1.807, 2.05) is 0 Å². The summed E-state index contributed by atoms with van der Waals surface area (Å²) in [4.78, 5) is 25.0. The van der Waals surface area contributed by atoms with Crippen molar-refractivity contribution in [3.05, 3.63) is 0 Å². The Morgan fingerprint density at radius 3 is 2.00 bits per heavy atom. The third kappa shape index (κ3) is 7.12. The van der Waals surface area contributed by atoms with Crippen molar-refractivity contribution in [2.45, 2.75) is 52.7 Å². The zero-order chi connectivity index (χ0) is 15.0. The van der Waals surface area contributed by atoms with E-state index in [2.05, 4.69) is 48.5 Å². The maximum Gasteiger partial charge on any atom is 0.321 e. The second kappa shape index (κ2) is 8.87. The van der Waals surface area contributed by atoms with Gasteiger partial charge in [-0.15, -0.1) is 0 Å². The molecule has 0 saturated carbocycles. The first kappa shape index (κ1) is 17.9. The van der Waals surface area contributed by atoms with Crippen molar-refractivity contribution in [2.75, 3.05) is 20.1 Å². The van der Waals surface area contributed by atoms with Gasteiger partial charge in [0, 0.05) is 32.2 Å². The predicted molar refractivity (Wildman–Crippen MR) is 77.0 cm³/mol. The summed E-state index contributed by atoms with van der Waals surface area (Å²) in [6.07, 6.45) is 0. The third-order valence-corrected chi connectivity index (χ3v) is 3.00. The Hall–Kier alpha value is -1.14. The molecule has 0 aliphatic carbocycles. The molecule has 112 valence electrons. The number of carbonyl (C=O) groups excluding carboxylic acids is 2. The summed E-state index contributed by atoms with van der Waals surface area (Å²) in [6, 6.07) is 0.0664. The van der Waals surface area contributed by atoms with Gasteiger partial charge in [0.25, 0.3) is 0 Å². The molecule has 6 heteroatoms. The van der Waals surface area contributed by atoms with Crippen LogP contribution >= 0.6 is 0 Å². The van der Waals surface area contributed by atoms with Crippen LogP contribution in [0.3, 0.4) is 0 Å². The molecule has 0 aromatic rings. The van der Waals surface area contributed by atoms with Crippen molar-refractivity contribution in [2.24, 2.45) is 0 Å². The molecule has 0 fully saturated rings. The molecule has 0 saturated heterocycles. The topological polar surface area (TPSA) is 73.5 Å². The first-order valence-electron chi connectivity index (χ1n) is 6.81. The molecule has 6 nitrogen and oxygen atoms in total. The van der Waals surface area contributed by atoms with Crippen molar-refractivity contribution in [1.82, 2.24) is 20.9 Å². The Bertz CT molecular complexity index is 284. The van der Waals surface area contributed by atoms with Crippen LogP contribution in [0.1, 0.15) is 34.6 Å². The highest BCUT2D eigenvalue weighted by atomic mass is 16.2. The standard InChI is InChI=1S/C13H28N4O2/c1-9(2)17(10(3)4)8-7-15-11(5)12(18)16-13(19)14-6/h9-11,15H,7-8H2,1-6H3,(H2,14,16,18,19). The lowest BCUT2D eigenvalue weighted by Crippen LogP contribution is -2.49. The molecule has 0 aliphatic rings. The van der Waals surface area contributed by atoms with Crippen LogP contribution in [-0.4, -0.2) is 55.1 Å². The summed E-state index contributed by atoms with van der Waals surface area (Å²) in [7, 11) is 1.48. The number of imide groups is 1. The van der Waals surface area contributed by atoms with Gasteiger partial charge in [-0.2, -0.15) is 0 Å². The van der Waals surface area contributed by atoms with Gasteiger partial charge in [0.1, 0.15) is 0 Å². The fourth-order valence-electron chi connectivity index (χ4n) is 1.90. The van der Waals surface area contributed by atoms with Gasteiger partial charge in [-0.1, -0.05) is 0 Å². The van der Waals surface area contributed by atoms with E-state index in [-0.39, 0.29) is 5.91 Å². The van der Waals surface area contributed by atoms with Crippen molar-refractivity contribution < 1.29 is 9.59 Å². The number of carbonyl (C=O) groups is 2. The molecule has 3 amide bonds. The van der Waals surface area contributed by atoms with E-state index in [0.717, 1.165) is 6.54 Å². The molecule has 0 aromatic heterocycles. The van der Waals surface area contributed by atoms with Crippen molar-refractivity contribution in [3.8, 4) is 0 Å². The Morgan fingerprint density at radius 2 is 1.58 bits per heavy atom. The minimum atomic E-state index is -0.482. The van der Waals surface area contributed by atoms with E-state index in [1.54, 1.807) is 6.92 Å². The Morgan fingerprint density at radius 1 is 1.05 bits per heavy atom. The first-order chi connectivity index (χ1) is 8.79. The fourth-order valence-corrected chi connectivity index (χ4v) is 1.90. The van der Waals surface area contributed by atoms with Gasteiger partial charge in [0.15, 0.2) is 0 Å². The van der Waals surface area contributed by atoms with E-state index < -0.39 is 12.1 Å². The van der Waals surface area contributed by atoms with E-state index in [1.165, 1.54) is 7.05 Å². The molecule has 1 unspecified atom stereocenters. The number of hydrogen-bond donors (Lipinski definition) is 3. The van der Waals surface area contributed by atoms with E-state index in [9.17, 15) is 9.59 Å². The van der Waals surface area contributed by atoms with Crippen LogP contribution in [-0.2, 0) is 4.79 Å². The van der Waals surface area contributed by atoms with E-state index in [0.29, 0.717) is 18.6 Å². The zero-order valence-electron chi connectivity index (χ0n) is 12.9. The minimum Gasteiger partial charge on any atom is -0.341 e. The summed E-state index contributed by atoms with van der Waals surface area (Å²) in [5.74, 6) is -0.319. The number of nitrogens with zero attached hydrogens (tertiary/aromatic N) is 1. The molecule has 0 heterocycles. The zero-order valence-corrected chi connectivity index (χ0v) is 12.9. The van der Waals surface area contributed by atoms with Crippen LogP contribution in [0.15, 0.2) is 0 Å². The summed E-state index contributed by atoms with van der Waals surface area (Å²) < 4.78 is 0. The number of hydrogen-bond acceptors (Lipinski definition) is 4. The molecular formula is C13H28N4O2. The second-order valence-corrected chi connectivity index (χ2v) is 5.17. The highest BCUT2D eigenvalue weighted by Gasteiger charge is 2.16. The monoisotopic (exact) mass is 272 g/mol. The number of amides is 3. The molecule has 19 heavy (non-hydrogen) atoms. The Balaban J connectivity index is 4.05. The van der Waals surface area contributed by atoms with Gasteiger partial charge in [-0.3, -0.25) is 15.0 Å². The summed E-state index contributed by atoms with van der Waals surface area (Å²) >= 11 is 0. The molecule has 0 spiro atoms. The van der Waals surface area contributed by atoms with E-state index >= 15 is 0 Å². The normalized spacial score (nSPS) is 12.9. The molecule has 0 radical (unpaired) electrons. The van der Waals surface area contributed by atoms with Gasteiger partial charge >= 0.3 is 6.03 Å². The molecule has 1 atom stereocenters. The molecular weight excluding hydrogens is 244 g/mol. The van der Waals surface area contributed by atoms with Crippen LogP contribution in [0, 0.1) is 0 Å². The average molecular weight is 272 g/mol. The van der Waals surface area contributed by atoms with Crippen molar-refractivity contribution in [3.63, 3.8) is 0 Å². The first-order valence-corrected chi connectivity index (χ1v) is 6.81. The molecule has 3 N–H and O–H groups in total. The Kier molecular flexibility index (Phi) is 8.34. The van der Waals surface area contributed by atoms with Crippen LogP contribution in [0.2, 0.25) is 0 Å². The Labute approximate surface area is 116 Å². The number of nitrogens with one attached hydrogen (secondary N) is 3. The largest absolute Gasteiger partial charge is 0.341 e. The van der Waals surface area contributed by atoms with Crippen molar-refractivity contribution in [1.29, 1.82) is 0 Å². The molecule has 0 bridgehead atoms. The lowest BCUT2D eigenvalue weighted by atomic mass is 10.2. The molecule has 0 rings (SSSR count). The molecule has 0 aromatic carbocycles. The van der Waals surface area contributed by atoms with Crippen LogP contribution in [0.25, 0.3) is 0 Å². The van der Waals surface area contributed by atoms with Gasteiger partial charge in [-0.25, -0.2) is 4.79 Å². The van der Waals surface area contributed by atoms with Crippen LogP contribution in [0.4, 0.5) is 4.79 Å². The summed E-state index contributed by atoms with van der Waals surface area (Å²) in [5, 5.41) is 7.71. The van der Waals surface area contributed by atoms with Gasteiger partial charge in [0.2, 0.25) is 5.91 Å². The lowest BCUT2D eigenvalue weighted by molar-refractivity contribution is -0.121. The van der Waals surface area contributed by atoms with Gasteiger partial charge in [0.05, 0.1) is 6.04 Å². The smallest absolute Gasteiger partial charge is 0.321 e. The SMILES string of the molecule is CNC(=O)NC(=O)C(C)NCCN(C(C)C)C(C)C. The molecule has 0 aliphatic heterocycles. The highest BCUT2D eigenvalue weighted by molar-refractivity contribution is 5.96. The quantitative estimate of drug-likeness (QED) is 0.632. The maximum atomic E-state index is 11.6. The third-order valence-electron chi connectivity index (χ3n) is 3.00. The maximum absolute atomic E-state index is 11.6.